The predicted octanol–water partition coefficient (Wildman–Crippen LogP) is 3.93. The van der Waals surface area contributed by atoms with E-state index in [0.717, 1.165) is 32.8 Å². The van der Waals surface area contributed by atoms with Gasteiger partial charge in [-0.3, -0.25) is 9.55 Å². The lowest BCUT2D eigenvalue weighted by Crippen LogP contribution is -2.01. The maximum Gasteiger partial charge on any atom is 0.129 e. The first-order valence-electron chi connectivity index (χ1n) is 5.96. The molecule has 1 aromatic carbocycles. The van der Waals surface area contributed by atoms with Gasteiger partial charge in [0.25, 0.3) is 0 Å². The second-order valence-corrected chi connectivity index (χ2v) is 5.30. The van der Waals surface area contributed by atoms with Crippen LogP contribution in [0.1, 0.15) is 5.82 Å². The minimum Gasteiger partial charge on any atom is -0.497 e. The van der Waals surface area contributed by atoms with Crippen molar-refractivity contribution in [2.45, 2.75) is 5.88 Å². The fourth-order valence-electron chi connectivity index (χ4n) is 2.13. The predicted molar refractivity (Wildman–Crippen MR) is 82.7 cm³/mol. The highest BCUT2D eigenvalue weighted by Gasteiger charge is 2.14. The van der Waals surface area contributed by atoms with Crippen LogP contribution in [-0.4, -0.2) is 21.6 Å². The number of methoxy groups -OCH3 is 1. The molecule has 0 saturated carbocycles. The van der Waals surface area contributed by atoms with Gasteiger partial charge in [0, 0.05) is 16.7 Å². The van der Waals surface area contributed by atoms with Crippen molar-refractivity contribution in [2.24, 2.45) is 0 Å². The number of hydrogen-bond donors (Lipinski definition) is 0. The molecule has 0 bridgehead atoms. The molecule has 0 aliphatic rings. The molecule has 0 radical (unpaired) electrons. The monoisotopic (exact) mass is 351 g/mol. The molecule has 0 amide bonds. The van der Waals surface area contributed by atoms with Crippen LogP contribution in [0.2, 0.25) is 0 Å². The third-order valence-corrected chi connectivity index (χ3v) is 3.95. The van der Waals surface area contributed by atoms with E-state index in [4.69, 9.17) is 16.3 Å². The van der Waals surface area contributed by atoms with Crippen molar-refractivity contribution in [2.75, 3.05) is 7.11 Å². The van der Waals surface area contributed by atoms with Gasteiger partial charge in [-0.15, -0.1) is 11.6 Å². The number of hydrogen-bond acceptors (Lipinski definition) is 3. The first-order chi connectivity index (χ1) is 9.74. The lowest BCUT2D eigenvalue weighted by Gasteiger charge is -2.11. The third kappa shape index (κ3) is 2.17. The number of nitrogens with zero attached hydrogens (tertiary/aromatic N) is 3. The van der Waals surface area contributed by atoms with Gasteiger partial charge in [0.05, 0.1) is 30.4 Å². The lowest BCUT2D eigenvalue weighted by atomic mass is 10.3. The van der Waals surface area contributed by atoms with Gasteiger partial charge < -0.3 is 4.74 Å². The number of benzene rings is 1. The first kappa shape index (κ1) is 13.4. The van der Waals surface area contributed by atoms with E-state index in [9.17, 15) is 0 Å². The molecule has 0 aliphatic carbocycles. The molecule has 0 unspecified atom stereocenters. The Hall–Kier alpha value is -1.59. The Labute approximate surface area is 129 Å². The summed E-state index contributed by atoms with van der Waals surface area (Å²) in [5, 5.41) is 0. The van der Waals surface area contributed by atoms with Gasteiger partial charge in [0.2, 0.25) is 0 Å². The zero-order valence-electron chi connectivity index (χ0n) is 10.7. The van der Waals surface area contributed by atoms with Crippen molar-refractivity contribution >= 4 is 38.6 Å². The molecule has 3 rings (SSSR count). The van der Waals surface area contributed by atoms with Crippen LogP contribution >= 0.6 is 27.5 Å². The molecule has 3 aromatic rings. The van der Waals surface area contributed by atoms with Gasteiger partial charge in [0.1, 0.15) is 17.1 Å². The number of imidazole rings is 1. The molecule has 102 valence electrons. The molecule has 2 aromatic heterocycles. The summed E-state index contributed by atoms with van der Waals surface area (Å²) in [5.41, 5.74) is 2.72. The third-order valence-electron chi connectivity index (χ3n) is 3.04. The van der Waals surface area contributed by atoms with Crippen LogP contribution in [0, 0.1) is 0 Å². The lowest BCUT2D eigenvalue weighted by molar-refractivity contribution is 0.414. The highest BCUT2D eigenvalue weighted by molar-refractivity contribution is 9.10. The quantitative estimate of drug-likeness (QED) is 0.671. The van der Waals surface area contributed by atoms with Crippen molar-refractivity contribution < 1.29 is 4.74 Å². The Kier molecular flexibility index (Phi) is 3.63. The van der Waals surface area contributed by atoms with E-state index in [1.165, 1.54) is 0 Å². The Bertz CT molecular complexity index is 772. The average Bonchev–Trinajstić information content (AvgIpc) is 2.86. The largest absolute Gasteiger partial charge is 0.497 e. The Balaban J connectivity index is 2.33. The minimum absolute atomic E-state index is 0.318. The van der Waals surface area contributed by atoms with Crippen molar-refractivity contribution in [3.05, 3.63) is 47.0 Å². The normalized spacial score (nSPS) is 10.9. The molecule has 0 aliphatic heterocycles. The average molecular weight is 353 g/mol. The topological polar surface area (TPSA) is 39.9 Å². The maximum absolute atomic E-state index is 6.03. The number of rotatable bonds is 3. The maximum atomic E-state index is 6.03. The fourth-order valence-corrected chi connectivity index (χ4v) is 2.73. The van der Waals surface area contributed by atoms with Crippen LogP contribution in [0.5, 0.6) is 5.75 Å². The number of alkyl halides is 1. The van der Waals surface area contributed by atoms with E-state index in [1.807, 2.05) is 28.8 Å². The van der Waals surface area contributed by atoms with Crippen molar-refractivity contribution in [1.82, 2.24) is 14.5 Å². The summed E-state index contributed by atoms with van der Waals surface area (Å²) in [6, 6.07) is 7.71. The number of halogens is 2. The van der Waals surface area contributed by atoms with Gasteiger partial charge in [-0.1, -0.05) is 0 Å². The van der Waals surface area contributed by atoms with Gasteiger partial charge in [0.15, 0.2) is 0 Å². The van der Waals surface area contributed by atoms with Crippen molar-refractivity contribution in [3.63, 3.8) is 0 Å². The number of fused-ring (bicyclic) bond motifs is 1. The summed E-state index contributed by atoms with van der Waals surface area (Å²) >= 11 is 9.60. The van der Waals surface area contributed by atoms with E-state index in [-0.39, 0.29) is 0 Å². The summed E-state index contributed by atoms with van der Waals surface area (Å²) in [6.07, 6.45) is 3.47. The molecule has 0 fully saturated rings. The molecule has 0 N–H and O–H groups in total. The van der Waals surface area contributed by atoms with E-state index in [0.29, 0.717) is 5.88 Å². The summed E-state index contributed by atoms with van der Waals surface area (Å²) in [6.45, 7) is 0. The Morgan fingerprint density at radius 3 is 2.95 bits per heavy atom. The van der Waals surface area contributed by atoms with Crippen molar-refractivity contribution in [3.8, 4) is 11.4 Å². The van der Waals surface area contributed by atoms with Crippen LogP contribution < -0.4 is 4.74 Å². The van der Waals surface area contributed by atoms with Crippen LogP contribution in [-0.2, 0) is 5.88 Å². The van der Waals surface area contributed by atoms with Crippen molar-refractivity contribution in [1.29, 1.82) is 0 Å². The second-order valence-electron chi connectivity index (χ2n) is 4.18. The first-order valence-corrected chi connectivity index (χ1v) is 7.28. The zero-order valence-corrected chi connectivity index (χ0v) is 13.0. The standard InChI is InChI=1S/C14H11BrClN3O/c1-20-9-2-3-10(15)13(6-9)19-12-4-5-17-8-11(12)18-14(19)7-16/h2-6,8H,7H2,1H3. The van der Waals surface area contributed by atoms with E-state index < -0.39 is 0 Å². The molecule has 2 heterocycles. The van der Waals surface area contributed by atoms with Crippen LogP contribution in [0.15, 0.2) is 41.1 Å². The number of ether oxygens (including phenoxy) is 1. The summed E-state index contributed by atoms with van der Waals surface area (Å²) < 4.78 is 8.25. The number of pyridine rings is 1. The molecule has 6 heteroatoms. The summed E-state index contributed by atoms with van der Waals surface area (Å²) in [5.74, 6) is 1.86. The highest BCUT2D eigenvalue weighted by Crippen LogP contribution is 2.30. The smallest absolute Gasteiger partial charge is 0.129 e. The molecule has 0 atom stereocenters. The minimum atomic E-state index is 0.318. The zero-order chi connectivity index (χ0) is 14.1. The highest BCUT2D eigenvalue weighted by atomic mass is 79.9. The Morgan fingerprint density at radius 2 is 2.20 bits per heavy atom. The van der Waals surface area contributed by atoms with E-state index in [1.54, 1.807) is 19.5 Å². The van der Waals surface area contributed by atoms with E-state index >= 15 is 0 Å². The molecule has 0 saturated heterocycles. The summed E-state index contributed by atoms with van der Waals surface area (Å²) in [4.78, 5) is 8.61. The molecular formula is C14H11BrClN3O. The summed E-state index contributed by atoms with van der Waals surface area (Å²) in [7, 11) is 1.64. The molecular weight excluding hydrogens is 342 g/mol. The molecule has 0 spiro atoms. The Morgan fingerprint density at radius 1 is 1.35 bits per heavy atom. The van der Waals surface area contributed by atoms with Gasteiger partial charge in [-0.05, 0) is 34.1 Å². The van der Waals surface area contributed by atoms with Crippen LogP contribution in [0.3, 0.4) is 0 Å². The van der Waals surface area contributed by atoms with E-state index in [2.05, 4.69) is 25.9 Å². The van der Waals surface area contributed by atoms with Gasteiger partial charge >= 0.3 is 0 Å². The second kappa shape index (κ2) is 5.42. The molecule has 20 heavy (non-hydrogen) atoms. The van der Waals surface area contributed by atoms with Crippen LogP contribution in [0.25, 0.3) is 16.7 Å². The van der Waals surface area contributed by atoms with Crippen LogP contribution in [0.4, 0.5) is 0 Å². The number of aromatic nitrogens is 3. The van der Waals surface area contributed by atoms with Gasteiger partial charge in [-0.2, -0.15) is 0 Å². The van der Waals surface area contributed by atoms with Gasteiger partial charge in [-0.25, -0.2) is 4.98 Å². The molecule has 4 nitrogen and oxygen atoms in total. The fraction of sp³-hybridized carbons (Fsp3) is 0.143. The SMILES string of the molecule is COc1ccc(Br)c(-n2c(CCl)nc3cnccc32)c1.